The van der Waals surface area contributed by atoms with E-state index in [2.05, 4.69) is 11.6 Å². The van der Waals surface area contributed by atoms with Gasteiger partial charge in [-0.3, -0.25) is 4.98 Å². The molecule has 0 aliphatic heterocycles. The maximum atomic E-state index is 13.4. The van der Waals surface area contributed by atoms with Crippen molar-refractivity contribution >= 4 is 20.7 Å². The molecule has 0 bridgehead atoms. The van der Waals surface area contributed by atoms with Crippen LogP contribution in [0.25, 0.3) is 22.0 Å². The van der Waals surface area contributed by atoms with E-state index in [1.807, 2.05) is 0 Å². The van der Waals surface area contributed by atoms with Gasteiger partial charge in [-0.2, -0.15) is 13.2 Å². The quantitative estimate of drug-likeness (QED) is 0.296. The largest absolute Gasteiger partial charge is 0.457 e. The fourth-order valence-corrected chi connectivity index (χ4v) is 4.54. The maximum absolute atomic E-state index is 13.4. The molecule has 0 radical (unpaired) electrons. The lowest BCUT2D eigenvalue weighted by Crippen LogP contribution is -2.06. The number of fused-ring (bicyclic) bond motifs is 1. The van der Waals surface area contributed by atoms with Crippen molar-refractivity contribution in [1.82, 2.24) is 4.98 Å². The number of ether oxygens (including phenoxy) is 1. The van der Waals surface area contributed by atoms with Crippen LogP contribution in [-0.2, 0) is 16.0 Å². The van der Waals surface area contributed by atoms with Gasteiger partial charge in [-0.15, -0.1) is 6.58 Å². The van der Waals surface area contributed by atoms with E-state index >= 15 is 0 Å². The van der Waals surface area contributed by atoms with Gasteiger partial charge in [-0.1, -0.05) is 30.3 Å². The van der Waals surface area contributed by atoms with E-state index in [1.165, 1.54) is 30.5 Å². The van der Waals surface area contributed by atoms with Crippen LogP contribution in [0.5, 0.6) is 11.5 Å². The molecule has 0 aliphatic rings. The van der Waals surface area contributed by atoms with Crippen LogP contribution in [0.3, 0.4) is 0 Å². The number of halogens is 3. The lowest BCUT2D eigenvalue weighted by atomic mass is 9.99. The molecule has 0 unspecified atom stereocenters. The third kappa shape index (κ3) is 4.75. The predicted octanol–water partition coefficient (Wildman–Crippen LogP) is 6.67. The van der Waals surface area contributed by atoms with Crippen molar-refractivity contribution in [2.75, 3.05) is 5.75 Å². The Bertz CT molecular complexity index is 1430. The molecule has 4 nitrogen and oxygen atoms in total. The number of alkyl halides is 3. The highest BCUT2D eigenvalue weighted by Gasteiger charge is 2.33. The van der Waals surface area contributed by atoms with Gasteiger partial charge in [-0.05, 0) is 59.7 Å². The van der Waals surface area contributed by atoms with Crippen molar-refractivity contribution in [1.29, 1.82) is 0 Å². The van der Waals surface area contributed by atoms with Gasteiger partial charge >= 0.3 is 6.18 Å². The van der Waals surface area contributed by atoms with E-state index in [1.54, 1.807) is 48.5 Å². The Kier molecular flexibility index (Phi) is 5.95. The second-order valence-electron chi connectivity index (χ2n) is 7.23. The smallest absolute Gasteiger partial charge is 0.418 e. The number of sulfone groups is 1. The molecule has 4 rings (SSSR count). The molecular formula is C25H18F3NO3S. The standard InChI is InChI=1S/C25H18F3NO3S/c1-2-15-33(30,31)20-11-9-18(10-12-20)32-19-6-3-5-17(16-19)21-13-14-29-24-22(21)7-4-8-23(24)25(26,27)28/h2-14,16H,1,15H2. The van der Waals surface area contributed by atoms with Crippen LogP contribution in [0.1, 0.15) is 5.56 Å². The number of nitrogens with zero attached hydrogens (tertiary/aromatic N) is 1. The molecule has 4 aromatic rings. The summed E-state index contributed by atoms with van der Waals surface area (Å²) >= 11 is 0. The minimum absolute atomic E-state index is 0.120. The van der Waals surface area contributed by atoms with Crippen LogP contribution < -0.4 is 4.74 Å². The summed E-state index contributed by atoms with van der Waals surface area (Å²) in [7, 11) is -3.44. The molecule has 0 saturated heterocycles. The van der Waals surface area contributed by atoms with Crippen molar-refractivity contribution < 1.29 is 26.3 Å². The molecule has 0 spiro atoms. The zero-order valence-corrected chi connectivity index (χ0v) is 18.0. The summed E-state index contributed by atoms with van der Waals surface area (Å²) in [6, 6.07) is 18.5. The summed E-state index contributed by atoms with van der Waals surface area (Å²) in [5.41, 5.74) is 0.331. The fourth-order valence-electron chi connectivity index (χ4n) is 3.49. The van der Waals surface area contributed by atoms with E-state index in [-0.39, 0.29) is 16.2 Å². The minimum Gasteiger partial charge on any atom is -0.457 e. The van der Waals surface area contributed by atoms with Gasteiger partial charge in [0.2, 0.25) is 0 Å². The number of rotatable bonds is 6. The lowest BCUT2D eigenvalue weighted by Gasteiger charge is -2.13. The van der Waals surface area contributed by atoms with E-state index in [0.29, 0.717) is 28.0 Å². The predicted molar refractivity (Wildman–Crippen MR) is 121 cm³/mol. The minimum atomic E-state index is -4.51. The molecule has 0 saturated carbocycles. The van der Waals surface area contributed by atoms with Gasteiger partial charge in [0.1, 0.15) is 11.5 Å². The number of benzene rings is 3. The Balaban J connectivity index is 1.67. The van der Waals surface area contributed by atoms with Crippen molar-refractivity contribution in [3.05, 3.63) is 97.2 Å². The molecule has 0 fully saturated rings. The average Bonchev–Trinajstić information content (AvgIpc) is 2.78. The molecule has 168 valence electrons. The first kappa shape index (κ1) is 22.5. The number of hydrogen-bond donors (Lipinski definition) is 0. The average molecular weight is 469 g/mol. The fraction of sp³-hybridized carbons (Fsp3) is 0.0800. The second-order valence-corrected chi connectivity index (χ2v) is 9.26. The van der Waals surface area contributed by atoms with Gasteiger partial charge in [0.15, 0.2) is 9.84 Å². The number of pyridine rings is 1. The molecule has 3 aromatic carbocycles. The Hall–Kier alpha value is -3.65. The van der Waals surface area contributed by atoms with Crippen LogP contribution in [0.4, 0.5) is 13.2 Å². The monoisotopic (exact) mass is 469 g/mol. The zero-order valence-electron chi connectivity index (χ0n) is 17.2. The van der Waals surface area contributed by atoms with E-state index in [4.69, 9.17) is 4.74 Å². The molecular weight excluding hydrogens is 451 g/mol. The Morgan fingerprint density at radius 1 is 0.939 bits per heavy atom. The summed E-state index contributed by atoms with van der Waals surface area (Å²) in [5.74, 6) is 0.709. The molecule has 8 heteroatoms. The highest BCUT2D eigenvalue weighted by molar-refractivity contribution is 7.91. The first-order valence-corrected chi connectivity index (χ1v) is 11.5. The summed E-state index contributed by atoms with van der Waals surface area (Å²) in [6.45, 7) is 3.45. The topological polar surface area (TPSA) is 56.3 Å². The van der Waals surface area contributed by atoms with Crippen LogP contribution in [0, 0.1) is 0 Å². The molecule has 0 N–H and O–H groups in total. The molecule has 0 aliphatic carbocycles. The second kappa shape index (κ2) is 8.71. The SMILES string of the molecule is C=CCS(=O)(=O)c1ccc(Oc2cccc(-c3ccnc4c(C(F)(F)F)cccc34)c2)cc1. The summed E-state index contributed by atoms with van der Waals surface area (Å²) < 4.78 is 70.3. The molecule has 1 heterocycles. The number of para-hydroxylation sites is 1. The van der Waals surface area contributed by atoms with Gasteiger partial charge in [0.05, 0.1) is 21.7 Å². The normalized spacial score (nSPS) is 12.0. The summed E-state index contributed by atoms with van der Waals surface area (Å²) in [6.07, 6.45) is -1.84. The first-order chi connectivity index (χ1) is 15.7. The zero-order chi connectivity index (χ0) is 23.6. The summed E-state index contributed by atoms with van der Waals surface area (Å²) in [5, 5.41) is 0.376. The Labute approximate surface area is 188 Å². The van der Waals surface area contributed by atoms with Crippen LogP contribution in [0.15, 0.2) is 96.5 Å². The van der Waals surface area contributed by atoms with Gasteiger partial charge in [0.25, 0.3) is 0 Å². The Morgan fingerprint density at radius 2 is 1.67 bits per heavy atom. The molecule has 0 atom stereocenters. The third-order valence-electron chi connectivity index (χ3n) is 4.98. The first-order valence-electron chi connectivity index (χ1n) is 9.86. The molecule has 33 heavy (non-hydrogen) atoms. The Morgan fingerprint density at radius 3 is 2.36 bits per heavy atom. The van der Waals surface area contributed by atoms with Crippen molar-refractivity contribution in [2.45, 2.75) is 11.1 Å². The summed E-state index contributed by atoms with van der Waals surface area (Å²) in [4.78, 5) is 4.12. The van der Waals surface area contributed by atoms with Gasteiger partial charge in [0, 0.05) is 11.6 Å². The van der Waals surface area contributed by atoms with Gasteiger partial charge in [-0.25, -0.2) is 8.42 Å². The number of hydrogen-bond acceptors (Lipinski definition) is 4. The van der Waals surface area contributed by atoms with Crippen molar-refractivity contribution in [3.8, 4) is 22.6 Å². The van der Waals surface area contributed by atoms with Gasteiger partial charge < -0.3 is 4.74 Å². The van der Waals surface area contributed by atoms with E-state index in [9.17, 15) is 21.6 Å². The highest BCUT2D eigenvalue weighted by Crippen LogP contribution is 2.37. The molecule has 0 amide bonds. The van der Waals surface area contributed by atoms with Crippen LogP contribution in [0.2, 0.25) is 0 Å². The third-order valence-corrected chi connectivity index (χ3v) is 6.64. The van der Waals surface area contributed by atoms with E-state index < -0.39 is 21.6 Å². The molecule has 1 aromatic heterocycles. The van der Waals surface area contributed by atoms with Crippen LogP contribution in [-0.4, -0.2) is 19.2 Å². The maximum Gasteiger partial charge on any atom is 0.418 e. The lowest BCUT2D eigenvalue weighted by molar-refractivity contribution is -0.136. The van der Waals surface area contributed by atoms with E-state index in [0.717, 1.165) is 6.07 Å². The highest BCUT2D eigenvalue weighted by atomic mass is 32.2. The van der Waals surface area contributed by atoms with Crippen molar-refractivity contribution in [3.63, 3.8) is 0 Å². The van der Waals surface area contributed by atoms with Crippen LogP contribution >= 0.6 is 0 Å². The number of aromatic nitrogens is 1. The van der Waals surface area contributed by atoms with Crippen molar-refractivity contribution in [2.24, 2.45) is 0 Å².